The lowest BCUT2D eigenvalue weighted by atomic mass is 9.83. The number of alkyl halides is 6. The van der Waals surface area contributed by atoms with Gasteiger partial charge >= 0.3 is 34.9 Å². The molecule has 3 aliphatic carbocycles. The number of benzene rings is 2. The second kappa shape index (κ2) is 22.7. The molecular formula is C49H60F6N6O15S. The van der Waals surface area contributed by atoms with Gasteiger partial charge in [-0.2, -0.15) is 34.8 Å². The number of likely N-dealkylation sites (tertiary alicyclic amines) is 1. The standard InChI is InChI=1S/C38H50F3N5O10S.C11H10F3NO5/c1-6-24-20-37(24,33(49)45-57(51,52)56-36(4)15-16-36)44-30(47)28-19-26(54-31-27-13-12-25(53-5)18-23(27)14-17-42-31)21-46(28)32(48)29(22-10-8-7-9-11-22)43-34(50)55-35(2,3)38(39,40)41;1-10(2,11(12,13)14)20-9(16)19-8-5-3-7(4-6-8)15(17)18/h12-14,17-18,22,24,26,28-29H,6-11,15-16,19-21H2,1-5H3,(H,43,50)(H,44,47)(H,45,49);3-6H,1-2H3/t24-,26-,28+,29+,37-;/m1./s1. The van der Waals surface area contributed by atoms with Gasteiger partial charge < -0.3 is 39.2 Å². The summed E-state index contributed by atoms with van der Waals surface area (Å²) in [4.78, 5) is 82.3. The number of nitrogens with zero attached hydrogens (tertiary/aromatic N) is 3. The fraction of sp³-hybridized carbons (Fsp3) is 0.592. The number of nitro benzene ring substituents is 1. The molecule has 3 N–H and O–H groups in total. The van der Waals surface area contributed by atoms with E-state index in [-0.39, 0.29) is 36.7 Å². The van der Waals surface area contributed by atoms with Gasteiger partial charge in [0.05, 0.1) is 24.2 Å². The van der Waals surface area contributed by atoms with Crippen molar-refractivity contribution in [3.8, 4) is 17.4 Å². The van der Waals surface area contributed by atoms with Crippen molar-refractivity contribution >= 4 is 56.7 Å². The molecule has 1 saturated heterocycles. The molecule has 0 bridgehead atoms. The number of halogens is 6. The number of alkyl carbamates (subject to hydrolysis) is 1. The summed E-state index contributed by atoms with van der Waals surface area (Å²) in [6.07, 6.45) is -7.36. The maximum atomic E-state index is 14.7. The Hall–Kier alpha value is -6.71. The molecule has 1 aliphatic heterocycles. The van der Waals surface area contributed by atoms with E-state index >= 15 is 0 Å². The molecule has 424 valence electrons. The van der Waals surface area contributed by atoms with Gasteiger partial charge in [0.25, 0.3) is 11.6 Å². The lowest BCUT2D eigenvalue weighted by molar-refractivity contribution is -0.384. The highest BCUT2D eigenvalue weighted by Gasteiger charge is 2.62. The zero-order valence-electron chi connectivity index (χ0n) is 43.0. The van der Waals surface area contributed by atoms with E-state index in [4.69, 9.17) is 18.4 Å². The highest BCUT2D eigenvalue weighted by atomic mass is 32.2. The van der Waals surface area contributed by atoms with Crippen molar-refractivity contribution in [1.29, 1.82) is 0 Å². The zero-order valence-corrected chi connectivity index (χ0v) is 43.8. The summed E-state index contributed by atoms with van der Waals surface area (Å²) in [5, 5.41) is 16.9. The molecule has 0 radical (unpaired) electrons. The number of nitrogens with one attached hydrogen (secondary N) is 3. The van der Waals surface area contributed by atoms with Crippen LogP contribution in [0.25, 0.3) is 10.8 Å². The number of methoxy groups -OCH3 is 1. The third kappa shape index (κ3) is 14.7. The fourth-order valence-electron chi connectivity index (χ4n) is 8.74. The molecule has 21 nitrogen and oxygen atoms in total. The molecule has 4 fully saturated rings. The van der Waals surface area contributed by atoms with Crippen LogP contribution in [-0.4, -0.2) is 120 Å². The molecule has 3 saturated carbocycles. The Kier molecular flexibility index (Phi) is 17.6. The van der Waals surface area contributed by atoms with Gasteiger partial charge in [-0.1, -0.05) is 32.6 Å². The molecule has 5 atom stereocenters. The first-order chi connectivity index (χ1) is 35.7. The number of non-ortho nitro benzene ring substituents is 1. The maximum Gasteiger partial charge on any atom is 0.514 e. The minimum absolute atomic E-state index is 0.108. The van der Waals surface area contributed by atoms with Crippen LogP contribution in [0.4, 0.5) is 41.6 Å². The first kappa shape index (κ1) is 59.5. The van der Waals surface area contributed by atoms with Gasteiger partial charge in [-0.15, -0.1) is 0 Å². The Labute approximate surface area is 438 Å². The smallest absolute Gasteiger partial charge is 0.497 e. The Bertz CT molecular complexity index is 2810. The van der Waals surface area contributed by atoms with E-state index < -0.39 is 110 Å². The molecule has 2 heterocycles. The molecule has 4 amide bonds. The van der Waals surface area contributed by atoms with Gasteiger partial charge in [0.15, 0.2) is 0 Å². The zero-order chi connectivity index (χ0) is 57.1. The Morgan fingerprint density at radius 1 is 0.896 bits per heavy atom. The number of rotatable bonds is 17. The van der Waals surface area contributed by atoms with Crippen molar-refractivity contribution < 1.29 is 91.5 Å². The second-order valence-corrected chi connectivity index (χ2v) is 21.8. The number of ether oxygens (including phenoxy) is 5. The first-order valence-electron chi connectivity index (χ1n) is 24.5. The van der Waals surface area contributed by atoms with Crippen LogP contribution in [0.15, 0.2) is 54.7 Å². The van der Waals surface area contributed by atoms with E-state index in [1.165, 1.54) is 18.2 Å². The maximum absolute atomic E-state index is 14.7. The molecule has 7 rings (SSSR count). The molecule has 77 heavy (non-hydrogen) atoms. The lowest BCUT2D eigenvalue weighted by Crippen LogP contribution is -2.60. The van der Waals surface area contributed by atoms with E-state index in [1.807, 2.05) is 4.72 Å². The first-order valence-corrected chi connectivity index (χ1v) is 25.9. The number of aromatic nitrogens is 1. The van der Waals surface area contributed by atoms with E-state index in [1.54, 1.807) is 38.1 Å². The van der Waals surface area contributed by atoms with Crippen LogP contribution in [-0.2, 0) is 38.3 Å². The highest BCUT2D eigenvalue weighted by molar-refractivity contribution is 7.85. The van der Waals surface area contributed by atoms with Gasteiger partial charge in [0, 0.05) is 30.1 Å². The van der Waals surface area contributed by atoms with Gasteiger partial charge in [-0.05, 0) is 120 Å². The minimum Gasteiger partial charge on any atom is -0.497 e. The summed E-state index contributed by atoms with van der Waals surface area (Å²) in [7, 11) is -3.00. The summed E-state index contributed by atoms with van der Waals surface area (Å²) >= 11 is 0. The number of amides is 4. The van der Waals surface area contributed by atoms with Gasteiger partial charge in [-0.25, -0.2) is 23.5 Å². The van der Waals surface area contributed by atoms with Crippen LogP contribution in [0.3, 0.4) is 0 Å². The molecule has 28 heteroatoms. The van der Waals surface area contributed by atoms with Crippen molar-refractivity contribution in [3.63, 3.8) is 0 Å². The summed E-state index contributed by atoms with van der Waals surface area (Å²) in [5.74, 6) is -2.82. The quantitative estimate of drug-likeness (QED) is 0.0377. The molecular weight excluding hydrogens is 1060 g/mol. The average molecular weight is 1120 g/mol. The van der Waals surface area contributed by atoms with Crippen LogP contribution in [0.5, 0.6) is 17.4 Å². The largest absolute Gasteiger partial charge is 0.514 e. The van der Waals surface area contributed by atoms with Crippen LogP contribution < -0.4 is 29.6 Å². The minimum atomic E-state index is -4.90. The Balaban J connectivity index is 0.000000404. The number of hydrogen-bond donors (Lipinski definition) is 3. The van der Waals surface area contributed by atoms with Gasteiger partial charge in [-0.3, -0.25) is 24.5 Å². The predicted molar refractivity (Wildman–Crippen MR) is 258 cm³/mol. The van der Waals surface area contributed by atoms with Crippen molar-refractivity contribution in [2.45, 2.75) is 159 Å². The molecule has 4 aliphatic rings. The predicted octanol–water partition coefficient (Wildman–Crippen LogP) is 8.27. The van der Waals surface area contributed by atoms with Crippen LogP contribution >= 0.6 is 0 Å². The van der Waals surface area contributed by atoms with E-state index in [2.05, 4.69) is 25.1 Å². The van der Waals surface area contributed by atoms with Crippen molar-refractivity contribution in [3.05, 3.63) is 64.8 Å². The number of carbonyl (C=O) groups is 5. The molecule has 1 aromatic heterocycles. The Morgan fingerprint density at radius 2 is 1.51 bits per heavy atom. The summed E-state index contributed by atoms with van der Waals surface area (Å²) in [6, 6.07) is 8.54. The van der Waals surface area contributed by atoms with Crippen LogP contribution in [0.2, 0.25) is 0 Å². The lowest BCUT2D eigenvalue weighted by Gasteiger charge is -2.35. The van der Waals surface area contributed by atoms with Crippen LogP contribution in [0, 0.1) is 22.0 Å². The number of pyridine rings is 1. The normalized spacial score (nSPS) is 21.8. The topological polar surface area (TPSA) is 270 Å². The average Bonchev–Trinajstić information content (AvgIpc) is 4.26. The van der Waals surface area contributed by atoms with E-state index in [9.17, 15) is 68.8 Å². The molecule has 0 unspecified atom stereocenters. The van der Waals surface area contributed by atoms with E-state index in [0.29, 0.717) is 83.8 Å². The number of carbonyl (C=O) groups excluding carboxylic acids is 5. The number of nitro groups is 1. The second-order valence-electron chi connectivity index (χ2n) is 20.5. The summed E-state index contributed by atoms with van der Waals surface area (Å²) < 4.78 is 136. The van der Waals surface area contributed by atoms with Crippen molar-refractivity contribution in [1.82, 2.24) is 25.2 Å². The third-order valence-corrected chi connectivity index (χ3v) is 14.9. The van der Waals surface area contributed by atoms with E-state index in [0.717, 1.165) is 36.1 Å². The van der Waals surface area contributed by atoms with Gasteiger partial charge in [0.1, 0.15) is 35.2 Å². The summed E-state index contributed by atoms with van der Waals surface area (Å²) in [6.45, 7) is 5.91. The third-order valence-electron chi connectivity index (χ3n) is 13.9. The fourth-order valence-corrected chi connectivity index (χ4v) is 9.89. The summed E-state index contributed by atoms with van der Waals surface area (Å²) in [5.41, 5.74) is -8.37. The van der Waals surface area contributed by atoms with Crippen LogP contribution in [0.1, 0.15) is 106 Å². The monoisotopic (exact) mass is 1120 g/mol. The van der Waals surface area contributed by atoms with Gasteiger partial charge in [0.2, 0.25) is 28.9 Å². The number of hydrogen-bond acceptors (Lipinski definition) is 16. The molecule has 2 aromatic carbocycles. The molecule has 3 aromatic rings. The Morgan fingerprint density at radius 3 is 2.06 bits per heavy atom. The van der Waals surface area contributed by atoms with Crippen molar-refractivity contribution in [2.75, 3.05) is 13.7 Å². The number of fused-ring (bicyclic) bond motifs is 1. The highest BCUT2D eigenvalue weighted by Crippen LogP contribution is 2.47. The van der Waals surface area contributed by atoms with Crippen molar-refractivity contribution in [2.24, 2.45) is 11.8 Å². The molecule has 0 spiro atoms. The SMILES string of the molecule is CC(C)(OC(=O)Oc1ccc([N+](=O)[O-])cc1)C(F)(F)F.CC[C@@H]1C[C@]1(NC(=O)[C@@H]1C[C@@H](Oc2nccc3cc(OC)ccc23)CN1C(=O)[C@@H](NC(=O)OC(C)(C)C(F)(F)F)C1CCCCC1)C(=O)NS(=O)(=O)OC1(C)CC1.